The molecule has 6 nitrogen and oxygen atoms in total. The van der Waals surface area contributed by atoms with Gasteiger partial charge in [-0.3, -0.25) is 0 Å². The van der Waals surface area contributed by atoms with Gasteiger partial charge in [0.25, 0.3) is 0 Å². The van der Waals surface area contributed by atoms with E-state index in [1.165, 1.54) is 0 Å². The first-order valence-electron chi connectivity index (χ1n) is 8.82. The van der Waals surface area contributed by atoms with Crippen LogP contribution in [0.15, 0.2) is 67.0 Å². The first-order valence-corrected chi connectivity index (χ1v) is 8.82. The van der Waals surface area contributed by atoms with E-state index in [4.69, 9.17) is 4.74 Å². The number of ether oxygens (including phenoxy) is 1. The Morgan fingerprint density at radius 2 is 1.78 bits per heavy atom. The zero-order chi connectivity index (χ0) is 19.2. The molecule has 0 spiro atoms. The molecule has 2 aromatic carbocycles. The molecular weight excluding hydrogens is 340 g/mol. The maximum Gasteiger partial charge on any atom is 0.316 e. The number of hydrogen-bond donors (Lipinski definition) is 2. The van der Waals surface area contributed by atoms with Gasteiger partial charge in [0.1, 0.15) is 17.6 Å². The summed E-state index contributed by atoms with van der Waals surface area (Å²) >= 11 is 0. The predicted octanol–water partition coefficient (Wildman–Crippen LogP) is 3.58. The summed E-state index contributed by atoms with van der Waals surface area (Å²) < 4.78 is 7.37. The van der Waals surface area contributed by atoms with Crippen molar-refractivity contribution in [1.82, 2.24) is 20.2 Å². The molecule has 0 saturated carbocycles. The minimum absolute atomic E-state index is 0.120. The molecule has 0 aliphatic carbocycles. The van der Waals surface area contributed by atoms with Crippen molar-refractivity contribution in [3.63, 3.8) is 0 Å². The van der Waals surface area contributed by atoms with E-state index >= 15 is 0 Å². The fourth-order valence-electron chi connectivity index (χ4n) is 3.04. The Bertz CT molecular complexity index is 892. The van der Waals surface area contributed by atoms with Crippen molar-refractivity contribution < 1.29 is 9.53 Å². The lowest BCUT2D eigenvalue weighted by atomic mass is 10.0. The predicted molar refractivity (Wildman–Crippen MR) is 105 cm³/mol. The Hall–Kier alpha value is -3.28. The lowest BCUT2D eigenvalue weighted by Gasteiger charge is -2.23. The van der Waals surface area contributed by atoms with Crippen LogP contribution in [0.1, 0.15) is 36.0 Å². The van der Waals surface area contributed by atoms with E-state index in [0.717, 1.165) is 17.0 Å². The van der Waals surface area contributed by atoms with Gasteiger partial charge < -0.3 is 19.9 Å². The SMILES string of the molecule is COc1ccccc1C(NC(=O)NC(C)c1ccccc1)c1nccn1C. The van der Waals surface area contributed by atoms with Gasteiger partial charge in [-0.1, -0.05) is 48.5 Å². The smallest absolute Gasteiger partial charge is 0.316 e. The highest BCUT2D eigenvalue weighted by molar-refractivity contribution is 5.75. The largest absolute Gasteiger partial charge is 0.496 e. The number of carbonyl (C=O) groups is 1. The number of para-hydroxylation sites is 1. The minimum atomic E-state index is -0.441. The van der Waals surface area contributed by atoms with Crippen LogP contribution >= 0.6 is 0 Å². The number of nitrogens with one attached hydrogen (secondary N) is 2. The van der Waals surface area contributed by atoms with Crippen molar-refractivity contribution in [3.05, 3.63) is 83.9 Å². The van der Waals surface area contributed by atoms with Crippen LogP contribution in [0.3, 0.4) is 0 Å². The van der Waals surface area contributed by atoms with Crippen molar-refractivity contribution in [1.29, 1.82) is 0 Å². The number of benzene rings is 2. The number of urea groups is 1. The number of rotatable bonds is 6. The summed E-state index contributed by atoms with van der Waals surface area (Å²) in [6.07, 6.45) is 3.56. The Morgan fingerprint density at radius 1 is 1.07 bits per heavy atom. The Balaban J connectivity index is 1.84. The number of methoxy groups -OCH3 is 1. The molecule has 2 N–H and O–H groups in total. The van der Waals surface area contributed by atoms with Gasteiger partial charge in [0.2, 0.25) is 0 Å². The minimum Gasteiger partial charge on any atom is -0.496 e. The molecule has 3 aromatic rings. The van der Waals surface area contributed by atoms with Gasteiger partial charge >= 0.3 is 6.03 Å². The molecule has 2 amide bonds. The average molecular weight is 364 g/mol. The molecular formula is C21H24N4O2. The zero-order valence-corrected chi connectivity index (χ0v) is 15.7. The zero-order valence-electron chi connectivity index (χ0n) is 15.7. The van der Waals surface area contributed by atoms with Crippen molar-refractivity contribution in [3.8, 4) is 5.75 Å². The summed E-state index contributed by atoms with van der Waals surface area (Å²) in [5.41, 5.74) is 1.88. The van der Waals surface area contributed by atoms with E-state index in [-0.39, 0.29) is 12.1 Å². The van der Waals surface area contributed by atoms with Crippen LogP contribution in [-0.4, -0.2) is 22.7 Å². The van der Waals surface area contributed by atoms with Crippen LogP contribution in [0.4, 0.5) is 4.79 Å². The highest BCUT2D eigenvalue weighted by Crippen LogP contribution is 2.29. The topological polar surface area (TPSA) is 68.2 Å². The summed E-state index contributed by atoms with van der Waals surface area (Å²) in [5.74, 6) is 1.42. The second-order valence-corrected chi connectivity index (χ2v) is 6.32. The monoisotopic (exact) mass is 364 g/mol. The molecule has 6 heteroatoms. The lowest BCUT2D eigenvalue weighted by molar-refractivity contribution is 0.235. The Kier molecular flexibility index (Phi) is 5.76. The first-order chi connectivity index (χ1) is 13.1. The van der Waals surface area contributed by atoms with Crippen LogP contribution in [0.5, 0.6) is 5.75 Å². The van der Waals surface area contributed by atoms with Crippen LogP contribution < -0.4 is 15.4 Å². The molecule has 0 fully saturated rings. The number of carbonyl (C=O) groups excluding carboxylic acids is 1. The van der Waals surface area contributed by atoms with Crippen molar-refractivity contribution >= 4 is 6.03 Å². The maximum absolute atomic E-state index is 12.7. The van der Waals surface area contributed by atoms with Gasteiger partial charge in [-0.05, 0) is 18.6 Å². The summed E-state index contributed by atoms with van der Waals surface area (Å²) in [5, 5.41) is 6.03. The lowest BCUT2D eigenvalue weighted by Crippen LogP contribution is -2.40. The number of imidazole rings is 1. The van der Waals surface area contributed by atoms with Crippen LogP contribution in [0.2, 0.25) is 0 Å². The van der Waals surface area contributed by atoms with Crippen LogP contribution in [0, 0.1) is 0 Å². The normalized spacial score (nSPS) is 12.9. The fourth-order valence-corrected chi connectivity index (χ4v) is 3.04. The molecule has 0 aliphatic heterocycles. The van der Waals surface area contributed by atoms with E-state index in [9.17, 15) is 4.79 Å². The van der Waals surface area contributed by atoms with E-state index in [1.807, 2.05) is 79.3 Å². The maximum atomic E-state index is 12.7. The summed E-state index contributed by atoms with van der Waals surface area (Å²) in [4.78, 5) is 17.1. The van der Waals surface area contributed by atoms with E-state index in [0.29, 0.717) is 5.75 Å². The number of amides is 2. The first kappa shape index (κ1) is 18.5. The molecule has 140 valence electrons. The quantitative estimate of drug-likeness (QED) is 0.702. The highest BCUT2D eigenvalue weighted by Gasteiger charge is 2.24. The number of aromatic nitrogens is 2. The summed E-state index contributed by atoms with van der Waals surface area (Å²) in [6.45, 7) is 1.95. The van der Waals surface area contributed by atoms with Crippen LogP contribution in [-0.2, 0) is 7.05 Å². The second kappa shape index (κ2) is 8.40. The highest BCUT2D eigenvalue weighted by atomic mass is 16.5. The molecule has 1 aromatic heterocycles. The standard InChI is InChI=1S/C21H24N4O2/c1-15(16-9-5-4-6-10-16)23-21(26)24-19(20-22-13-14-25(20)2)17-11-7-8-12-18(17)27-3/h4-15,19H,1-3H3,(H2,23,24,26). The third kappa shape index (κ3) is 4.28. The molecule has 2 unspecified atom stereocenters. The molecule has 1 heterocycles. The van der Waals surface area contributed by atoms with Crippen LogP contribution in [0.25, 0.3) is 0 Å². The van der Waals surface area contributed by atoms with Crippen molar-refractivity contribution in [2.45, 2.75) is 19.0 Å². The molecule has 0 aliphatic rings. The van der Waals surface area contributed by atoms with Gasteiger partial charge in [-0.2, -0.15) is 0 Å². The molecule has 0 bridgehead atoms. The third-order valence-electron chi connectivity index (χ3n) is 4.49. The molecule has 3 rings (SSSR count). The van der Waals surface area contributed by atoms with E-state index in [2.05, 4.69) is 15.6 Å². The fraction of sp³-hybridized carbons (Fsp3) is 0.238. The van der Waals surface area contributed by atoms with Gasteiger partial charge in [0.05, 0.1) is 13.2 Å². The van der Waals surface area contributed by atoms with Gasteiger partial charge in [-0.15, -0.1) is 0 Å². The van der Waals surface area contributed by atoms with Gasteiger partial charge in [0.15, 0.2) is 0 Å². The summed E-state index contributed by atoms with van der Waals surface area (Å²) in [6, 6.07) is 16.6. The number of aryl methyl sites for hydroxylation is 1. The van der Waals surface area contributed by atoms with E-state index < -0.39 is 6.04 Å². The molecule has 0 radical (unpaired) electrons. The number of nitrogens with zero attached hydrogens (tertiary/aromatic N) is 2. The Morgan fingerprint density at radius 3 is 2.44 bits per heavy atom. The van der Waals surface area contributed by atoms with Crippen molar-refractivity contribution in [2.24, 2.45) is 7.05 Å². The van der Waals surface area contributed by atoms with Gasteiger partial charge in [0, 0.05) is 25.0 Å². The van der Waals surface area contributed by atoms with Crippen molar-refractivity contribution in [2.75, 3.05) is 7.11 Å². The Labute approximate surface area is 159 Å². The average Bonchev–Trinajstić information content (AvgIpc) is 3.12. The van der Waals surface area contributed by atoms with E-state index in [1.54, 1.807) is 13.3 Å². The number of hydrogen-bond acceptors (Lipinski definition) is 3. The molecule has 27 heavy (non-hydrogen) atoms. The third-order valence-corrected chi connectivity index (χ3v) is 4.49. The second-order valence-electron chi connectivity index (χ2n) is 6.32. The summed E-state index contributed by atoms with van der Waals surface area (Å²) in [7, 11) is 3.52. The van der Waals surface area contributed by atoms with Gasteiger partial charge in [-0.25, -0.2) is 9.78 Å². The molecule has 2 atom stereocenters. The molecule has 0 saturated heterocycles.